The van der Waals surface area contributed by atoms with Gasteiger partial charge in [-0.25, -0.2) is 0 Å². The lowest BCUT2D eigenvalue weighted by molar-refractivity contribution is -0.139. The third-order valence-corrected chi connectivity index (χ3v) is 6.60. The molecule has 1 atom stereocenters. The Balaban J connectivity index is 1.77. The lowest BCUT2D eigenvalue weighted by Gasteiger charge is -2.26. The molecular weight excluding hydrogens is 416 g/mol. The van der Waals surface area contributed by atoms with E-state index in [0.29, 0.717) is 17.9 Å². The molecule has 1 saturated heterocycles. The Bertz CT molecular complexity index is 1070. The van der Waals surface area contributed by atoms with Crippen molar-refractivity contribution in [2.45, 2.75) is 38.1 Å². The molecule has 1 unspecified atom stereocenters. The second kappa shape index (κ2) is 9.79. The number of hydrogen-bond acceptors (Lipinski definition) is 5. The number of benzene rings is 2. The molecular formula is C27H32N2O4. The molecule has 1 N–H and O–H groups in total. The molecule has 0 aromatic heterocycles. The average molecular weight is 449 g/mol. The lowest BCUT2D eigenvalue weighted by atomic mass is 9.88. The number of amides is 1. The van der Waals surface area contributed by atoms with Gasteiger partial charge in [0.1, 0.15) is 11.5 Å². The van der Waals surface area contributed by atoms with Gasteiger partial charge in [-0.05, 0) is 87.6 Å². The minimum atomic E-state index is -0.630. The number of nitrogens with zero attached hydrogens (tertiary/aromatic N) is 2. The minimum absolute atomic E-state index is 0.0994. The van der Waals surface area contributed by atoms with Crippen LogP contribution < -0.4 is 4.74 Å². The number of aryl methyl sites for hydroxylation is 2. The first kappa shape index (κ1) is 23.1. The number of aliphatic hydroxyl groups excluding tert-OH is 1. The number of likely N-dealkylation sites (tertiary alicyclic amines) is 1. The van der Waals surface area contributed by atoms with Gasteiger partial charge in [-0.15, -0.1) is 0 Å². The SMILES string of the molecule is COc1ccc(C2/C(=C(/O)c3ccc4c(c3)CCCC4)C(=O)C(=O)N2CCCN(C)C)cc1. The predicted molar refractivity (Wildman–Crippen MR) is 128 cm³/mol. The molecule has 1 amide bonds. The van der Waals surface area contributed by atoms with Gasteiger partial charge < -0.3 is 19.6 Å². The van der Waals surface area contributed by atoms with E-state index in [1.165, 1.54) is 17.5 Å². The highest BCUT2D eigenvalue weighted by atomic mass is 16.5. The van der Waals surface area contributed by atoms with E-state index in [9.17, 15) is 14.7 Å². The number of ketones is 1. The van der Waals surface area contributed by atoms with Crippen LogP contribution in [0.1, 0.15) is 47.6 Å². The summed E-state index contributed by atoms with van der Waals surface area (Å²) >= 11 is 0. The molecule has 1 fully saturated rings. The number of aliphatic hydroxyl groups is 1. The zero-order valence-corrected chi connectivity index (χ0v) is 19.6. The van der Waals surface area contributed by atoms with E-state index in [4.69, 9.17) is 4.74 Å². The normalized spacial score (nSPS) is 19.8. The fraction of sp³-hybridized carbons (Fsp3) is 0.407. The third-order valence-electron chi connectivity index (χ3n) is 6.60. The van der Waals surface area contributed by atoms with Crippen LogP contribution >= 0.6 is 0 Å². The van der Waals surface area contributed by atoms with E-state index in [2.05, 4.69) is 0 Å². The molecule has 1 aliphatic carbocycles. The molecule has 4 rings (SSSR count). The topological polar surface area (TPSA) is 70.1 Å². The maximum absolute atomic E-state index is 13.2. The van der Waals surface area contributed by atoms with Crippen molar-refractivity contribution >= 4 is 17.4 Å². The summed E-state index contributed by atoms with van der Waals surface area (Å²) in [6.07, 6.45) is 5.04. The van der Waals surface area contributed by atoms with Crippen molar-refractivity contribution in [3.63, 3.8) is 0 Å². The Kier molecular flexibility index (Phi) is 6.84. The Morgan fingerprint density at radius 3 is 2.42 bits per heavy atom. The zero-order valence-electron chi connectivity index (χ0n) is 19.6. The van der Waals surface area contributed by atoms with Gasteiger partial charge in [0, 0.05) is 12.1 Å². The van der Waals surface area contributed by atoms with E-state index in [-0.39, 0.29) is 11.3 Å². The number of carbonyl (C=O) groups excluding carboxylic acids is 2. The van der Waals surface area contributed by atoms with Crippen molar-refractivity contribution in [2.75, 3.05) is 34.3 Å². The summed E-state index contributed by atoms with van der Waals surface area (Å²) in [6.45, 7) is 1.23. The van der Waals surface area contributed by atoms with E-state index in [1.54, 1.807) is 12.0 Å². The van der Waals surface area contributed by atoms with Gasteiger partial charge in [0.25, 0.3) is 11.7 Å². The number of Topliss-reactive ketones (excluding diaryl/α,β-unsaturated/α-hetero) is 1. The molecule has 2 aromatic rings. The highest BCUT2D eigenvalue weighted by molar-refractivity contribution is 6.46. The molecule has 6 heteroatoms. The first-order valence-electron chi connectivity index (χ1n) is 11.6. The summed E-state index contributed by atoms with van der Waals surface area (Å²) in [6, 6.07) is 12.6. The summed E-state index contributed by atoms with van der Waals surface area (Å²) in [5.41, 5.74) is 4.05. The molecule has 0 saturated carbocycles. The van der Waals surface area contributed by atoms with Gasteiger partial charge in [0.2, 0.25) is 0 Å². The lowest BCUT2D eigenvalue weighted by Crippen LogP contribution is -2.32. The second-order valence-corrected chi connectivity index (χ2v) is 9.11. The van der Waals surface area contributed by atoms with Crippen LogP contribution in [0.2, 0.25) is 0 Å². The maximum Gasteiger partial charge on any atom is 0.295 e. The summed E-state index contributed by atoms with van der Waals surface area (Å²) in [7, 11) is 5.55. The van der Waals surface area contributed by atoms with Crippen molar-refractivity contribution < 1.29 is 19.4 Å². The molecule has 33 heavy (non-hydrogen) atoms. The van der Waals surface area contributed by atoms with E-state index < -0.39 is 17.7 Å². The molecule has 2 aromatic carbocycles. The minimum Gasteiger partial charge on any atom is -0.507 e. The summed E-state index contributed by atoms with van der Waals surface area (Å²) in [4.78, 5) is 29.9. The summed E-state index contributed by atoms with van der Waals surface area (Å²) in [5, 5.41) is 11.3. The van der Waals surface area contributed by atoms with Crippen LogP contribution in [0.5, 0.6) is 5.75 Å². The highest BCUT2D eigenvalue weighted by Gasteiger charge is 2.45. The van der Waals surface area contributed by atoms with E-state index in [0.717, 1.165) is 37.8 Å². The Morgan fingerprint density at radius 1 is 1.06 bits per heavy atom. The zero-order chi connectivity index (χ0) is 23.5. The number of hydrogen-bond donors (Lipinski definition) is 1. The smallest absolute Gasteiger partial charge is 0.295 e. The summed E-state index contributed by atoms with van der Waals surface area (Å²) in [5.74, 6) is -0.597. The molecule has 0 bridgehead atoms. The van der Waals surface area contributed by atoms with Crippen molar-refractivity contribution in [1.82, 2.24) is 9.80 Å². The van der Waals surface area contributed by atoms with Crippen LogP contribution in [0.4, 0.5) is 0 Å². The Labute approximate surface area is 195 Å². The van der Waals surface area contributed by atoms with Crippen LogP contribution in [-0.2, 0) is 22.4 Å². The molecule has 174 valence electrons. The largest absolute Gasteiger partial charge is 0.507 e. The van der Waals surface area contributed by atoms with Crippen LogP contribution in [0.25, 0.3) is 5.76 Å². The molecule has 2 aliphatic rings. The van der Waals surface area contributed by atoms with Crippen LogP contribution in [-0.4, -0.2) is 60.9 Å². The number of fused-ring (bicyclic) bond motifs is 1. The molecule has 1 aliphatic heterocycles. The number of carbonyl (C=O) groups is 2. The molecule has 6 nitrogen and oxygen atoms in total. The quantitative estimate of drug-likeness (QED) is 0.395. The van der Waals surface area contributed by atoms with Gasteiger partial charge in [0.05, 0.1) is 18.7 Å². The first-order chi connectivity index (χ1) is 15.9. The maximum atomic E-state index is 13.2. The number of methoxy groups -OCH3 is 1. The van der Waals surface area contributed by atoms with Gasteiger partial charge in [-0.2, -0.15) is 0 Å². The van der Waals surface area contributed by atoms with Crippen molar-refractivity contribution in [3.05, 3.63) is 70.3 Å². The van der Waals surface area contributed by atoms with E-state index >= 15 is 0 Å². The van der Waals surface area contributed by atoms with Crippen LogP contribution in [0.3, 0.4) is 0 Å². The van der Waals surface area contributed by atoms with Crippen LogP contribution in [0, 0.1) is 0 Å². The van der Waals surface area contributed by atoms with Crippen LogP contribution in [0.15, 0.2) is 48.0 Å². The van der Waals surface area contributed by atoms with Gasteiger partial charge in [0.15, 0.2) is 0 Å². The molecule has 1 heterocycles. The Hall–Kier alpha value is -3.12. The first-order valence-corrected chi connectivity index (χ1v) is 11.6. The molecule has 0 spiro atoms. The third kappa shape index (κ3) is 4.67. The Morgan fingerprint density at radius 2 is 1.76 bits per heavy atom. The van der Waals surface area contributed by atoms with Crippen molar-refractivity contribution in [2.24, 2.45) is 0 Å². The monoisotopic (exact) mass is 448 g/mol. The fourth-order valence-electron chi connectivity index (χ4n) is 4.84. The predicted octanol–water partition coefficient (Wildman–Crippen LogP) is 3.95. The average Bonchev–Trinajstić information content (AvgIpc) is 3.08. The molecule has 0 radical (unpaired) electrons. The van der Waals surface area contributed by atoms with Crippen molar-refractivity contribution in [1.29, 1.82) is 0 Å². The van der Waals surface area contributed by atoms with E-state index in [1.807, 2.05) is 61.5 Å². The summed E-state index contributed by atoms with van der Waals surface area (Å²) < 4.78 is 5.27. The highest BCUT2D eigenvalue weighted by Crippen LogP contribution is 2.40. The van der Waals surface area contributed by atoms with Gasteiger partial charge in [-0.3, -0.25) is 9.59 Å². The van der Waals surface area contributed by atoms with Gasteiger partial charge in [-0.1, -0.05) is 24.3 Å². The van der Waals surface area contributed by atoms with Gasteiger partial charge >= 0.3 is 0 Å². The number of rotatable bonds is 7. The second-order valence-electron chi connectivity index (χ2n) is 9.11. The standard InChI is InChI=1S/C27H32N2O4/c1-28(2)15-6-16-29-24(19-11-13-22(33-3)14-12-19)23(26(31)27(29)32)25(30)21-10-9-18-7-4-5-8-20(18)17-21/h9-14,17,24,30H,4-8,15-16H2,1-3H3/b25-23-. The van der Waals surface area contributed by atoms with Crippen molar-refractivity contribution in [3.8, 4) is 5.75 Å². The fourth-order valence-corrected chi connectivity index (χ4v) is 4.84. The number of ether oxygens (including phenoxy) is 1.